The van der Waals surface area contributed by atoms with Crippen LogP contribution in [0.5, 0.6) is 0 Å². The lowest BCUT2D eigenvalue weighted by Crippen LogP contribution is -2.31. The molecule has 1 atom stereocenters. The van der Waals surface area contributed by atoms with Gasteiger partial charge in [0.25, 0.3) is 0 Å². The molecule has 2 heterocycles. The minimum atomic E-state index is -2.79. The summed E-state index contributed by atoms with van der Waals surface area (Å²) in [5, 5.41) is 4.83. The number of hydrogen-bond donors (Lipinski definition) is 1. The van der Waals surface area contributed by atoms with Crippen molar-refractivity contribution < 1.29 is 8.42 Å². The largest absolute Gasteiger partial charge is 0.312 e. The second-order valence-corrected chi connectivity index (χ2v) is 8.00. The molecule has 18 heavy (non-hydrogen) atoms. The Labute approximate surface area is 116 Å². The molecule has 0 saturated carbocycles. The van der Waals surface area contributed by atoms with E-state index in [1.807, 2.05) is 12.1 Å². The third kappa shape index (κ3) is 4.42. The molecule has 0 bridgehead atoms. The van der Waals surface area contributed by atoms with Crippen LogP contribution in [0.4, 0.5) is 0 Å². The van der Waals surface area contributed by atoms with E-state index in [0.717, 1.165) is 23.7 Å². The molecule has 100 valence electrons. The van der Waals surface area contributed by atoms with Gasteiger partial charge in [-0.25, -0.2) is 13.4 Å². The molecule has 1 aliphatic rings. The lowest BCUT2D eigenvalue weighted by Gasteiger charge is -2.09. The van der Waals surface area contributed by atoms with E-state index in [1.54, 1.807) is 18.0 Å². The van der Waals surface area contributed by atoms with Crippen LogP contribution < -0.4 is 5.32 Å². The van der Waals surface area contributed by atoms with Gasteiger partial charge in [0.1, 0.15) is 0 Å². The highest BCUT2D eigenvalue weighted by Crippen LogP contribution is 2.17. The third-order valence-corrected chi connectivity index (χ3v) is 5.65. The lowest BCUT2D eigenvalue weighted by atomic mass is 10.3. The number of pyridine rings is 1. The molecule has 1 N–H and O–H groups in total. The number of rotatable bonds is 5. The summed E-state index contributed by atoms with van der Waals surface area (Å²) in [6.45, 7) is 0.787. The second-order valence-electron chi connectivity index (χ2n) is 4.22. The fourth-order valence-electron chi connectivity index (χ4n) is 1.82. The topological polar surface area (TPSA) is 59.1 Å². The quantitative estimate of drug-likeness (QED) is 0.661. The summed E-state index contributed by atoms with van der Waals surface area (Å²) < 4.78 is 22.5. The predicted octanol–water partition coefficient (Wildman–Crippen LogP) is 1.60. The van der Waals surface area contributed by atoms with Crippen molar-refractivity contribution in [2.45, 2.75) is 17.5 Å². The van der Waals surface area contributed by atoms with Gasteiger partial charge in [-0.3, -0.25) is 0 Å². The van der Waals surface area contributed by atoms with E-state index in [4.69, 9.17) is 11.6 Å². The van der Waals surface area contributed by atoms with Crippen molar-refractivity contribution in [1.29, 1.82) is 0 Å². The molecule has 0 radical (unpaired) electrons. The number of nitrogens with one attached hydrogen (secondary N) is 1. The molecule has 1 fully saturated rings. The Hall–Kier alpha value is -0.300. The molecule has 0 spiro atoms. The molecule has 4 nitrogen and oxygen atoms in total. The van der Waals surface area contributed by atoms with Crippen LogP contribution in [-0.4, -0.2) is 43.2 Å². The Morgan fingerprint density at radius 1 is 1.50 bits per heavy atom. The van der Waals surface area contributed by atoms with Gasteiger partial charge in [-0.15, -0.1) is 11.8 Å². The maximum atomic E-state index is 11.3. The molecule has 0 aromatic carbocycles. The number of halogens is 1. The molecule has 7 heteroatoms. The van der Waals surface area contributed by atoms with Gasteiger partial charge in [-0.05, 0) is 18.6 Å². The molecule has 2 rings (SSSR count). The predicted molar refractivity (Wildman–Crippen MR) is 75.0 cm³/mol. The van der Waals surface area contributed by atoms with Gasteiger partial charge in [0, 0.05) is 24.5 Å². The van der Waals surface area contributed by atoms with Gasteiger partial charge in [-0.1, -0.05) is 11.6 Å². The van der Waals surface area contributed by atoms with Crippen LogP contribution in [0.3, 0.4) is 0 Å². The van der Waals surface area contributed by atoms with E-state index in [1.165, 1.54) is 0 Å². The van der Waals surface area contributed by atoms with E-state index in [2.05, 4.69) is 10.3 Å². The number of sulfone groups is 1. The normalized spacial score (nSPS) is 22.2. The molecule has 1 aromatic rings. The molecule has 1 aliphatic heterocycles. The zero-order valence-corrected chi connectivity index (χ0v) is 12.2. The van der Waals surface area contributed by atoms with E-state index in [-0.39, 0.29) is 11.8 Å². The molecule has 0 amide bonds. The maximum absolute atomic E-state index is 11.3. The standard InChI is InChI=1S/C11H15ClN2O2S2/c12-9-1-2-11(14-7-9)17-5-4-13-10-3-6-18(15,16)8-10/h1-2,7,10,13H,3-6,8H2. The van der Waals surface area contributed by atoms with Crippen LogP contribution >= 0.6 is 23.4 Å². The monoisotopic (exact) mass is 306 g/mol. The summed E-state index contributed by atoms with van der Waals surface area (Å²) in [7, 11) is -2.79. The zero-order valence-electron chi connectivity index (χ0n) is 9.80. The highest BCUT2D eigenvalue weighted by atomic mass is 35.5. The minimum absolute atomic E-state index is 0.119. The van der Waals surface area contributed by atoms with Crippen molar-refractivity contribution in [2.75, 3.05) is 23.8 Å². The zero-order chi connectivity index (χ0) is 13.0. The Kier molecular flexibility index (Phi) is 4.89. The van der Waals surface area contributed by atoms with Gasteiger partial charge in [0.2, 0.25) is 0 Å². The highest BCUT2D eigenvalue weighted by Gasteiger charge is 2.26. The maximum Gasteiger partial charge on any atom is 0.151 e. The Morgan fingerprint density at radius 3 is 2.94 bits per heavy atom. The third-order valence-electron chi connectivity index (χ3n) is 2.72. The summed E-state index contributed by atoms with van der Waals surface area (Å²) in [6.07, 6.45) is 2.35. The van der Waals surface area contributed by atoms with Crippen molar-refractivity contribution in [1.82, 2.24) is 10.3 Å². The van der Waals surface area contributed by atoms with Crippen molar-refractivity contribution in [2.24, 2.45) is 0 Å². The van der Waals surface area contributed by atoms with E-state index >= 15 is 0 Å². The van der Waals surface area contributed by atoms with Gasteiger partial charge in [0.15, 0.2) is 9.84 Å². The van der Waals surface area contributed by atoms with Crippen molar-refractivity contribution in [3.05, 3.63) is 23.4 Å². The lowest BCUT2D eigenvalue weighted by molar-refractivity contribution is 0.574. The SMILES string of the molecule is O=S1(=O)CCC(NCCSc2ccc(Cl)cn2)C1. The van der Waals surface area contributed by atoms with Gasteiger partial charge >= 0.3 is 0 Å². The first-order valence-corrected chi connectivity index (χ1v) is 8.92. The minimum Gasteiger partial charge on any atom is -0.312 e. The van der Waals surface area contributed by atoms with Crippen LogP contribution in [0.15, 0.2) is 23.4 Å². The average molecular weight is 307 g/mol. The summed E-state index contributed by atoms with van der Waals surface area (Å²) in [4.78, 5) is 4.18. The van der Waals surface area contributed by atoms with Gasteiger partial charge < -0.3 is 5.32 Å². The summed E-state index contributed by atoms with van der Waals surface area (Å²) in [5.74, 6) is 1.46. The summed E-state index contributed by atoms with van der Waals surface area (Å²) >= 11 is 7.38. The fourth-order valence-corrected chi connectivity index (χ4v) is 4.36. The number of nitrogens with zero attached hydrogens (tertiary/aromatic N) is 1. The fraction of sp³-hybridized carbons (Fsp3) is 0.545. The second kappa shape index (κ2) is 6.23. The molecular weight excluding hydrogens is 292 g/mol. The Balaban J connectivity index is 1.66. The van der Waals surface area contributed by atoms with Gasteiger partial charge in [0.05, 0.1) is 21.6 Å². The summed E-state index contributed by atoms with van der Waals surface area (Å²) in [6, 6.07) is 3.81. The first-order valence-electron chi connectivity index (χ1n) is 5.73. The van der Waals surface area contributed by atoms with Gasteiger partial charge in [-0.2, -0.15) is 0 Å². The first-order chi connectivity index (χ1) is 8.55. The molecule has 1 unspecified atom stereocenters. The number of thioether (sulfide) groups is 1. The van der Waals surface area contributed by atoms with E-state index in [9.17, 15) is 8.42 Å². The first kappa shape index (κ1) is 14.1. The van der Waals surface area contributed by atoms with E-state index in [0.29, 0.717) is 10.8 Å². The van der Waals surface area contributed by atoms with Crippen LogP contribution in [0.1, 0.15) is 6.42 Å². The highest BCUT2D eigenvalue weighted by molar-refractivity contribution is 7.99. The Bertz CT molecular complexity index is 490. The van der Waals surface area contributed by atoms with Crippen LogP contribution in [0.25, 0.3) is 0 Å². The van der Waals surface area contributed by atoms with E-state index < -0.39 is 9.84 Å². The number of aromatic nitrogens is 1. The molecule has 0 aliphatic carbocycles. The Morgan fingerprint density at radius 2 is 2.33 bits per heavy atom. The van der Waals surface area contributed by atoms with Crippen LogP contribution in [0.2, 0.25) is 5.02 Å². The molecule has 1 saturated heterocycles. The van der Waals surface area contributed by atoms with Crippen LogP contribution in [-0.2, 0) is 9.84 Å². The molecular formula is C11H15ClN2O2S2. The van der Waals surface area contributed by atoms with Crippen molar-refractivity contribution in [3.63, 3.8) is 0 Å². The number of hydrogen-bond acceptors (Lipinski definition) is 5. The van der Waals surface area contributed by atoms with Crippen molar-refractivity contribution in [3.8, 4) is 0 Å². The van der Waals surface area contributed by atoms with Crippen molar-refractivity contribution >= 4 is 33.2 Å². The molecule has 1 aromatic heterocycles. The van der Waals surface area contributed by atoms with Crippen LogP contribution in [0, 0.1) is 0 Å². The smallest absolute Gasteiger partial charge is 0.151 e. The average Bonchev–Trinajstić information content (AvgIpc) is 2.67. The summed E-state index contributed by atoms with van der Waals surface area (Å²) in [5.41, 5.74) is 0.